The summed E-state index contributed by atoms with van der Waals surface area (Å²) in [5.74, 6) is 1.24. The van der Waals surface area contributed by atoms with Crippen LogP contribution in [0.15, 0.2) is 24.3 Å². The molecule has 1 N–H and O–H groups in total. The maximum atomic E-state index is 3.52. The van der Waals surface area contributed by atoms with Crippen molar-refractivity contribution in [3.8, 4) is 0 Å². The van der Waals surface area contributed by atoms with Crippen LogP contribution in [0.2, 0.25) is 0 Å². The molecule has 1 aromatic carbocycles. The molecule has 2 heteroatoms. The molecule has 1 heterocycles. The summed E-state index contributed by atoms with van der Waals surface area (Å²) in [6, 6.07) is 9.24. The van der Waals surface area contributed by atoms with Gasteiger partial charge in [0.15, 0.2) is 0 Å². The van der Waals surface area contributed by atoms with Crippen LogP contribution >= 0.6 is 11.8 Å². The zero-order valence-electron chi connectivity index (χ0n) is 11.5. The Morgan fingerprint density at radius 3 is 2.56 bits per heavy atom. The average molecular weight is 263 g/mol. The minimum absolute atomic E-state index is 0.531. The first-order chi connectivity index (χ1) is 8.90. The van der Waals surface area contributed by atoms with E-state index in [9.17, 15) is 0 Å². The van der Waals surface area contributed by atoms with Gasteiger partial charge >= 0.3 is 0 Å². The van der Waals surface area contributed by atoms with E-state index in [1.54, 1.807) is 0 Å². The minimum Gasteiger partial charge on any atom is -0.301 e. The van der Waals surface area contributed by atoms with Crippen LogP contribution in [0.4, 0.5) is 0 Å². The molecule has 1 saturated heterocycles. The Hall–Kier alpha value is -0.470. The summed E-state index contributed by atoms with van der Waals surface area (Å²) in [5.41, 5.74) is 2.94. The maximum absolute atomic E-state index is 3.52. The summed E-state index contributed by atoms with van der Waals surface area (Å²) < 4.78 is 0. The summed E-state index contributed by atoms with van der Waals surface area (Å²) in [4.78, 5) is 0. The molecular weight excluding hydrogens is 238 g/mol. The molecule has 0 amide bonds. The average Bonchev–Trinajstić information content (AvgIpc) is 2.93. The predicted octanol–water partition coefficient (Wildman–Crippen LogP) is 4.53. The van der Waals surface area contributed by atoms with Gasteiger partial charge in [0, 0.05) is 12.3 Å². The zero-order chi connectivity index (χ0) is 12.6. The summed E-state index contributed by atoms with van der Waals surface area (Å²) in [7, 11) is 0. The van der Waals surface area contributed by atoms with E-state index in [-0.39, 0.29) is 0 Å². The number of benzene rings is 1. The van der Waals surface area contributed by atoms with Gasteiger partial charge in [-0.3, -0.25) is 0 Å². The zero-order valence-corrected chi connectivity index (χ0v) is 12.3. The van der Waals surface area contributed by atoms with Crippen LogP contribution in [0.25, 0.3) is 0 Å². The van der Waals surface area contributed by atoms with E-state index >= 15 is 0 Å². The first-order valence-electron chi connectivity index (χ1n) is 7.34. The van der Waals surface area contributed by atoms with Crippen molar-refractivity contribution in [1.82, 2.24) is 5.32 Å². The highest BCUT2D eigenvalue weighted by Gasteiger charge is 2.15. The second-order valence-corrected chi connectivity index (χ2v) is 6.32. The molecule has 18 heavy (non-hydrogen) atoms. The molecule has 1 nitrogen and oxygen atoms in total. The van der Waals surface area contributed by atoms with Crippen molar-refractivity contribution in [1.29, 1.82) is 0 Å². The first kappa shape index (κ1) is 14.0. The topological polar surface area (TPSA) is 12.0 Å². The smallest absolute Gasteiger partial charge is 0.0790 e. The van der Waals surface area contributed by atoms with E-state index in [1.807, 2.05) is 11.8 Å². The van der Waals surface area contributed by atoms with Crippen LogP contribution in [0.3, 0.4) is 0 Å². The quantitative estimate of drug-likeness (QED) is 0.725. The summed E-state index contributed by atoms with van der Waals surface area (Å²) in [6.45, 7) is 3.42. The highest BCUT2D eigenvalue weighted by atomic mass is 32.2. The maximum Gasteiger partial charge on any atom is 0.0790 e. The Bertz CT molecular complexity index is 327. The van der Waals surface area contributed by atoms with E-state index in [2.05, 4.69) is 36.5 Å². The van der Waals surface area contributed by atoms with E-state index in [0.29, 0.717) is 5.37 Å². The molecule has 0 saturated carbocycles. The van der Waals surface area contributed by atoms with Crippen LogP contribution in [0, 0.1) is 0 Å². The number of thioether (sulfide) groups is 1. The lowest BCUT2D eigenvalue weighted by Gasteiger charge is -2.10. The second kappa shape index (κ2) is 7.85. The lowest BCUT2D eigenvalue weighted by atomic mass is 10.0. The minimum atomic E-state index is 0.531. The third-order valence-corrected chi connectivity index (χ3v) is 4.78. The van der Waals surface area contributed by atoms with Crippen molar-refractivity contribution in [3.05, 3.63) is 35.4 Å². The van der Waals surface area contributed by atoms with E-state index in [4.69, 9.17) is 0 Å². The highest BCUT2D eigenvalue weighted by Crippen LogP contribution is 2.29. The van der Waals surface area contributed by atoms with E-state index in [1.165, 1.54) is 55.4 Å². The molecule has 0 bridgehead atoms. The van der Waals surface area contributed by atoms with Gasteiger partial charge in [-0.1, -0.05) is 56.9 Å². The molecule has 0 aliphatic carbocycles. The fourth-order valence-corrected chi connectivity index (χ4v) is 3.49. The summed E-state index contributed by atoms with van der Waals surface area (Å²) >= 11 is 2.02. The van der Waals surface area contributed by atoms with Crippen molar-refractivity contribution in [2.24, 2.45) is 0 Å². The Balaban J connectivity index is 1.73. The number of hydrogen-bond donors (Lipinski definition) is 1. The molecule has 0 spiro atoms. The standard InChI is InChI=1S/C16H25NS/c1-2-3-4-5-6-7-14-8-10-15(11-9-14)16-17-12-13-18-16/h8-11,16-17H,2-7,12-13H2,1H3/t16-/m0/s1. The molecule has 0 aromatic heterocycles. The molecule has 2 rings (SSSR count). The van der Waals surface area contributed by atoms with Gasteiger partial charge in [-0.05, 0) is 24.0 Å². The molecular formula is C16H25NS. The van der Waals surface area contributed by atoms with Gasteiger partial charge in [0.2, 0.25) is 0 Å². The van der Waals surface area contributed by atoms with Crippen LogP contribution in [-0.4, -0.2) is 12.3 Å². The second-order valence-electron chi connectivity index (χ2n) is 5.11. The van der Waals surface area contributed by atoms with E-state index < -0.39 is 0 Å². The third-order valence-electron chi connectivity index (χ3n) is 3.57. The summed E-state index contributed by atoms with van der Waals surface area (Å²) in [5, 5.41) is 4.05. The number of hydrogen-bond acceptors (Lipinski definition) is 2. The Morgan fingerprint density at radius 2 is 1.89 bits per heavy atom. The van der Waals surface area contributed by atoms with Crippen LogP contribution in [0.1, 0.15) is 55.5 Å². The van der Waals surface area contributed by atoms with Crippen LogP contribution in [-0.2, 0) is 6.42 Å². The third kappa shape index (κ3) is 4.33. The SMILES string of the molecule is CCCCCCCc1ccc([C@H]2NCCS2)cc1. The molecule has 1 aromatic rings. The lowest BCUT2D eigenvalue weighted by molar-refractivity contribution is 0.632. The molecule has 100 valence electrons. The fraction of sp³-hybridized carbons (Fsp3) is 0.625. The van der Waals surface area contributed by atoms with Gasteiger partial charge in [0.1, 0.15) is 0 Å². The van der Waals surface area contributed by atoms with Crippen molar-refractivity contribution in [3.63, 3.8) is 0 Å². The lowest BCUT2D eigenvalue weighted by Crippen LogP contribution is -2.11. The van der Waals surface area contributed by atoms with Crippen molar-refractivity contribution in [2.75, 3.05) is 12.3 Å². The Morgan fingerprint density at radius 1 is 1.11 bits per heavy atom. The molecule has 1 atom stereocenters. The monoisotopic (exact) mass is 263 g/mol. The molecule has 1 fully saturated rings. The van der Waals surface area contributed by atoms with Gasteiger partial charge < -0.3 is 5.32 Å². The van der Waals surface area contributed by atoms with Crippen molar-refractivity contribution >= 4 is 11.8 Å². The first-order valence-corrected chi connectivity index (χ1v) is 8.39. The van der Waals surface area contributed by atoms with Gasteiger partial charge in [-0.2, -0.15) is 0 Å². The number of unbranched alkanes of at least 4 members (excludes halogenated alkanes) is 4. The van der Waals surface area contributed by atoms with Gasteiger partial charge in [0.05, 0.1) is 5.37 Å². The van der Waals surface area contributed by atoms with Gasteiger partial charge in [0.25, 0.3) is 0 Å². The van der Waals surface area contributed by atoms with E-state index in [0.717, 1.165) is 6.54 Å². The fourth-order valence-electron chi connectivity index (χ4n) is 2.43. The van der Waals surface area contributed by atoms with Crippen molar-refractivity contribution < 1.29 is 0 Å². The number of nitrogens with one attached hydrogen (secondary N) is 1. The van der Waals surface area contributed by atoms with Gasteiger partial charge in [-0.15, -0.1) is 11.8 Å². The normalized spacial score (nSPS) is 19.3. The largest absolute Gasteiger partial charge is 0.301 e. The number of aryl methyl sites for hydroxylation is 1. The molecule has 0 radical (unpaired) electrons. The molecule has 1 aliphatic heterocycles. The van der Waals surface area contributed by atoms with Crippen LogP contribution < -0.4 is 5.32 Å². The van der Waals surface area contributed by atoms with Crippen LogP contribution in [0.5, 0.6) is 0 Å². The number of rotatable bonds is 7. The summed E-state index contributed by atoms with van der Waals surface area (Å²) in [6.07, 6.45) is 8.10. The Labute approximate surface area is 116 Å². The Kier molecular flexibility index (Phi) is 6.09. The molecule has 0 unspecified atom stereocenters. The predicted molar refractivity (Wildman–Crippen MR) is 82.1 cm³/mol. The van der Waals surface area contributed by atoms with Crippen molar-refractivity contribution in [2.45, 2.75) is 50.8 Å². The highest BCUT2D eigenvalue weighted by molar-refractivity contribution is 7.99. The molecule has 1 aliphatic rings. The van der Waals surface area contributed by atoms with Gasteiger partial charge in [-0.25, -0.2) is 0 Å².